The van der Waals surface area contributed by atoms with E-state index in [4.69, 9.17) is 9.47 Å². The highest BCUT2D eigenvalue weighted by molar-refractivity contribution is 8.18. The van der Waals surface area contributed by atoms with Gasteiger partial charge in [-0.15, -0.1) is 0 Å². The minimum Gasteiger partial charge on any atom is -0.454 e. The summed E-state index contributed by atoms with van der Waals surface area (Å²) >= 11 is 0.918. The molecule has 6 nitrogen and oxygen atoms in total. The normalized spacial score (nSPS) is 15.9. The lowest BCUT2D eigenvalue weighted by Gasteiger charge is -2.11. The Bertz CT molecular complexity index is 1480. The van der Waals surface area contributed by atoms with Gasteiger partial charge in [-0.1, -0.05) is 30.3 Å². The van der Waals surface area contributed by atoms with Crippen LogP contribution in [-0.4, -0.2) is 22.9 Å². The third kappa shape index (κ3) is 3.62. The Morgan fingerprint density at radius 3 is 2.61 bits per heavy atom. The van der Waals surface area contributed by atoms with Gasteiger partial charge < -0.3 is 9.47 Å². The molecule has 2 aliphatic rings. The smallest absolute Gasteiger partial charge is 0.290 e. The number of rotatable bonds is 3. The Morgan fingerprint density at radius 1 is 0.909 bits per heavy atom. The molecule has 2 aliphatic heterocycles. The van der Waals surface area contributed by atoms with E-state index in [2.05, 4.69) is 28.5 Å². The second-order valence-corrected chi connectivity index (χ2v) is 8.69. The van der Waals surface area contributed by atoms with E-state index in [0.29, 0.717) is 4.91 Å². The van der Waals surface area contributed by atoms with E-state index in [1.807, 2.05) is 48.7 Å². The largest absolute Gasteiger partial charge is 0.454 e. The molecule has 3 heterocycles. The molecular weight excluding hydrogens is 436 g/mol. The number of carbonyl (C=O) groups excluding carboxylic acids is 2. The van der Waals surface area contributed by atoms with Crippen molar-refractivity contribution in [1.29, 1.82) is 0 Å². The number of thioether (sulfide) groups is 1. The van der Waals surface area contributed by atoms with E-state index in [1.165, 1.54) is 0 Å². The van der Waals surface area contributed by atoms with Gasteiger partial charge in [-0.25, -0.2) is 0 Å². The van der Waals surface area contributed by atoms with E-state index in [9.17, 15) is 9.59 Å². The van der Waals surface area contributed by atoms with Crippen LogP contribution >= 0.6 is 11.8 Å². The van der Waals surface area contributed by atoms with Gasteiger partial charge in [0.25, 0.3) is 11.1 Å². The molecule has 1 saturated heterocycles. The lowest BCUT2D eigenvalue weighted by atomic mass is 9.96. The average Bonchev–Trinajstić information content (AvgIpc) is 3.44. The van der Waals surface area contributed by atoms with Crippen molar-refractivity contribution in [1.82, 2.24) is 10.3 Å². The van der Waals surface area contributed by atoms with Crippen LogP contribution in [0, 0.1) is 0 Å². The molecule has 7 heteroatoms. The van der Waals surface area contributed by atoms with Crippen LogP contribution in [-0.2, 0) is 4.79 Å². The number of nitrogens with zero attached hydrogens (tertiary/aromatic N) is 1. The van der Waals surface area contributed by atoms with Gasteiger partial charge in [-0.3, -0.25) is 19.9 Å². The van der Waals surface area contributed by atoms with Crippen LogP contribution < -0.4 is 14.8 Å². The van der Waals surface area contributed by atoms with Crippen LogP contribution in [0.25, 0.3) is 39.1 Å². The van der Waals surface area contributed by atoms with Gasteiger partial charge >= 0.3 is 0 Å². The molecular formula is C26H16N2O4S. The molecule has 6 rings (SSSR count). The summed E-state index contributed by atoms with van der Waals surface area (Å²) < 4.78 is 11.4. The summed E-state index contributed by atoms with van der Waals surface area (Å²) in [6.45, 7) is 0.198. The maximum absolute atomic E-state index is 11.8. The molecule has 0 spiro atoms. The summed E-state index contributed by atoms with van der Waals surface area (Å²) in [5.74, 6) is 1.10. The number of hydrogen-bond acceptors (Lipinski definition) is 6. The molecule has 160 valence electrons. The van der Waals surface area contributed by atoms with Gasteiger partial charge in [0.2, 0.25) is 6.79 Å². The Morgan fingerprint density at radius 2 is 1.79 bits per heavy atom. The quantitative estimate of drug-likeness (QED) is 0.407. The molecule has 1 aromatic heterocycles. The SMILES string of the molecule is O=C1NC(=O)C(=Cc2ccc3cc(-c4cc5c(c(-c6cccnc6)c4)OCO5)ccc3c2)S1. The second-order valence-electron chi connectivity index (χ2n) is 7.67. The van der Waals surface area contributed by atoms with Gasteiger partial charge in [0, 0.05) is 23.5 Å². The van der Waals surface area contributed by atoms with Crippen LogP contribution in [0.5, 0.6) is 11.5 Å². The number of carbonyl (C=O) groups is 2. The molecule has 33 heavy (non-hydrogen) atoms. The van der Waals surface area contributed by atoms with E-state index in [1.54, 1.807) is 12.3 Å². The molecule has 0 atom stereocenters. The fourth-order valence-electron chi connectivity index (χ4n) is 4.02. The van der Waals surface area contributed by atoms with Gasteiger partial charge in [-0.05, 0) is 75.6 Å². The highest BCUT2D eigenvalue weighted by Gasteiger charge is 2.25. The highest BCUT2D eigenvalue weighted by atomic mass is 32.2. The van der Waals surface area contributed by atoms with Crippen LogP contribution in [0.4, 0.5) is 4.79 Å². The first kappa shape index (κ1) is 19.6. The van der Waals surface area contributed by atoms with Gasteiger partial charge in [0.1, 0.15) is 0 Å². The van der Waals surface area contributed by atoms with E-state index in [0.717, 1.165) is 61.9 Å². The average molecular weight is 452 g/mol. The van der Waals surface area contributed by atoms with Crippen LogP contribution in [0.2, 0.25) is 0 Å². The Kier molecular flexibility index (Phi) is 4.62. The zero-order valence-electron chi connectivity index (χ0n) is 17.2. The number of amides is 2. The van der Waals surface area contributed by atoms with E-state index >= 15 is 0 Å². The van der Waals surface area contributed by atoms with E-state index < -0.39 is 0 Å². The third-order valence-corrected chi connectivity index (χ3v) is 6.39. The number of hydrogen-bond donors (Lipinski definition) is 1. The molecule has 0 radical (unpaired) electrons. The molecule has 0 bridgehead atoms. The standard InChI is InChI=1S/C26H16N2O4S/c29-25-23(33-26(30)28-25)9-15-3-4-17-10-18(6-5-16(17)8-15)20-11-21(19-2-1-7-27-13-19)24-22(12-20)31-14-32-24/h1-13H,14H2,(H,28,29,30). The Hall–Kier alpha value is -4.10. The molecule has 2 amide bonds. The summed E-state index contributed by atoms with van der Waals surface area (Å²) in [6, 6.07) is 20.2. The molecule has 1 N–H and O–H groups in total. The van der Waals surface area contributed by atoms with E-state index in [-0.39, 0.29) is 17.9 Å². The molecule has 3 aromatic carbocycles. The first-order valence-corrected chi connectivity index (χ1v) is 11.1. The second kappa shape index (κ2) is 7.79. The third-order valence-electron chi connectivity index (χ3n) is 5.58. The van der Waals surface area contributed by atoms with Crippen molar-refractivity contribution in [2.75, 3.05) is 6.79 Å². The van der Waals surface area contributed by atoms with Crippen molar-refractivity contribution in [3.05, 3.63) is 83.5 Å². The Labute approximate surface area is 193 Å². The maximum atomic E-state index is 11.8. The molecule has 1 fully saturated rings. The summed E-state index contributed by atoms with van der Waals surface area (Å²) in [5.41, 5.74) is 4.84. The summed E-state index contributed by atoms with van der Waals surface area (Å²) in [7, 11) is 0. The molecule has 0 saturated carbocycles. The number of benzene rings is 3. The fraction of sp³-hybridized carbons (Fsp3) is 0.0385. The zero-order chi connectivity index (χ0) is 22.4. The molecule has 0 aliphatic carbocycles. The minimum absolute atomic E-state index is 0.198. The predicted octanol–water partition coefficient (Wildman–Crippen LogP) is 5.62. The predicted molar refractivity (Wildman–Crippen MR) is 128 cm³/mol. The molecule has 4 aromatic rings. The number of pyridine rings is 1. The van der Waals surface area contributed by atoms with Gasteiger partial charge in [0.15, 0.2) is 11.5 Å². The first-order valence-electron chi connectivity index (χ1n) is 10.3. The van der Waals surface area contributed by atoms with Crippen molar-refractivity contribution >= 4 is 39.8 Å². The van der Waals surface area contributed by atoms with Crippen molar-refractivity contribution in [2.45, 2.75) is 0 Å². The van der Waals surface area contributed by atoms with Gasteiger partial charge in [-0.2, -0.15) is 0 Å². The number of aromatic nitrogens is 1. The van der Waals surface area contributed by atoms with Crippen molar-refractivity contribution in [3.8, 4) is 33.8 Å². The lowest BCUT2D eigenvalue weighted by molar-refractivity contribution is -0.115. The fourth-order valence-corrected chi connectivity index (χ4v) is 4.70. The number of imide groups is 1. The van der Waals surface area contributed by atoms with Crippen molar-refractivity contribution in [2.24, 2.45) is 0 Å². The minimum atomic E-state index is -0.354. The van der Waals surface area contributed by atoms with Crippen LogP contribution in [0.15, 0.2) is 78.0 Å². The highest BCUT2D eigenvalue weighted by Crippen LogP contribution is 2.44. The van der Waals surface area contributed by atoms with Crippen LogP contribution in [0.3, 0.4) is 0 Å². The first-order chi connectivity index (χ1) is 16.1. The lowest BCUT2D eigenvalue weighted by Crippen LogP contribution is -2.17. The molecule has 0 unspecified atom stereocenters. The van der Waals surface area contributed by atoms with Crippen molar-refractivity contribution in [3.63, 3.8) is 0 Å². The summed E-state index contributed by atoms with van der Waals surface area (Å²) in [5, 5.41) is 4.04. The van der Waals surface area contributed by atoms with Crippen LogP contribution in [0.1, 0.15) is 5.56 Å². The summed E-state index contributed by atoms with van der Waals surface area (Å²) in [6.07, 6.45) is 5.29. The topological polar surface area (TPSA) is 77.5 Å². The summed E-state index contributed by atoms with van der Waals surface area (Å²) in [4.78, 5) is 27.9. The van der Waals surface area contributed by atoms with Gasteiger partial charge in [0.05, 0.1) is 4.91 Å². The number of nitrogens with one attached hydrogen (secondary N) is 1. The zero-order valence-corrected chi connectivity index (χ0v) is 18.0. The Balaban J connectivity index is 1.39. The number of fused-ring (bicyclic) bond motifs is 2. The monoisotopic (exact) mass is 452 g/mol. The van der Waals surface area contributed by atoms with Crippen molar-refractivity contribution < 1.29 is 19.1 Å². The maximum Gasteiger partial charge on any atom is 0.290 e. The number of ether oxygens (including phenoxy) is 2.